The van der Waals surface area contributed by atoms with Crippen LogP contribution in [0.1, 0.15) is 16.8 Å². The molecule has 4 aliphatic rings. The van der Waals surface area contributed by atoms with Crippen LogP contribution in [0.15, 0.2) is 24.3 Å². The number of hydrogen-bond donors (Lipinski definition) is 0. The summed E-state index contributed by atoms with van der Waals surface area (Å²) in [6, 6.07) is 6.95. The first-order chi connectivity index (χ1) is 11.2. The molecular weight excluding hydrogens is 300 g/mol. The number of ether oxygens (including phenoxy) is 5. The van der Waals surface area contributed by atoms with Gasteiger partial charge in [0.1, 0.15) is 23.6 Å². The quantitative estimate of drug-likeness (QED) is 0.620. The Hall–Kier alpha value is -1.63. The highest BCUT2D eigenvalue weighted by Crippen LogP contribution is 2.64. The van der Waals surface area contributed by atoms with Crippen molar-refractivity contribution >= 4 is 5.97 Å². The highest BCUT2D eigenvalue weighted by atomic mass is 16.7. The van der Waals surface area contributed by atoms with E-state index in [1.807, 2.05) is 0 Å². The predicted molar refractivity (Wildman–Crippen MR) is 77.1 cm³/mol. The fraction of sp³-hybridized carbons (Fsp3) is 0.588. The van der Waals surface area contributed by atoms with Gasteiger partial charge in [0.2, 0.25) is 0 Å². The molecule has 4 fully saturated rings. The maximum absolute atomic E-state index is 12.5. The van der Waals surface area contributed by atoms with Gasteiger partial charge in [-0.05, 0) is 30.7 Å². The first kappa shape index (κ1) is 13.8. The summed E-state index contributed by atoms with van der Waals surface area (Å²) in [5, 5.41) is 0. The van der Waals surface area contributed by atoms with Crippen LogP contribution in [0.4, 0.5) is 0 Å². The molecule has 5 rings (SSSR count). The Morgan fingerprint density at radius 1 is 1.26 bits per heavy atom. The van der Waals surface area contributed by atoms with E-state index >= 15 is 0 Å². The van der Waals surface area contributed by atoms with Gasteiger partial charge in [-0.1, -0.05) is 0 Å². The van der Waals surface area contributed by atoms with Crippen molar-refractivity contribution in [2.24, 2.45) is 11.8 Å². The maximum atomic E-state index is 12.5. The Bertz CT molecular complexity index is 643. The molecule has 3 saturated heterocycles. The summed E-state index contributed by atoms with van der Waals surface area (Å²) in [5.74, 6) is 0.852. The molecule has 6 nitrogen and oxygen atoms in total. The topological polar surface area (TPSA) is 66.5 Å². The third kappa shape index (κ3) is 1.83. The summed E-state index contributed by atoms with van der Waals surface area (Å²) in [6.07, 6.45) is 0.423. The smallest absolute Gasteiger partial charge is 0.338 e. The van der Waals surface area contributed by atoms with Crippen LogP contribution in [-0.2, 0) is 18.9 Å². The van der Waals surface area contributed by atoms with Gasteiger partial charge < -0.3 is 23.7 Å². The molecule has 3 heterocycles. The Morgan fingerprint density at radius 2 is 2.09 bits per heavy atom. The number of benzene rings is 1. The fourth-order valence-electron chi connectivity index (χ4n) is 4.45. The third-order valence-electron chi connectivity index (χ3n) is 5.59. The van der Waals surface area contributed by atoms with Gasteiger partial charge in [-0.25, -0.2) is 4.79 Å². The van der Waals surface area contributed by atoms with Gasteiger partial charge in [0.05, 0.1) is 31.8 Å². The van der Waals surface area contributed by atoms with Crippen LogP contribution in [0, 0.1) is 11.8 Å². The average Bonchev–Trinajstić information content (AvgIpc) is 3.10. The Morgan fingerprint density at radius 3 is 2.87 bits per heavy atom. The standard InChI is InChI=1S/C17H18O6/c1-19-10-4-2-9(3-5-10)15(18)22-13-11-6-7-20-16-12(11)17(8-21-16)14(13)23-17/h2-5,11-14,16H,6-8H2,1H3/t11-,12+,13+,14-,16-,17-/m0/s1. The van der Waals surface area contributed by atoms with E-state index in [1.54, 1.807) is 31.4 Å². The zero-order valence-electron chi connectivity index (χ0n) is 12.8. The molecule has 1 aromatic rings. The SMILES string of the molecule is COc1ccc(C(=O)O[C@@H]2[C@H]3CCO[C@H]4OC[C@]5(O[C@@H]25)[C@@H]43)cc1. The summed E-state index contributed by atoms with van der Waals surface area (Å²) >= 11 is 0. The van der Waals surface area contributed by atoms with Gasteiger partial charge in [0.15, 0.2) is 6.29 Å². The van der Waals surface area contributed by atoms with Crippen LogP contribution in [0.5, 0.6) is 5.75 Å². The predicted octanol–water partition coefficient (Wildman–Crippen LogP) is 1.38. The van der Waals surface area contributed by atoms with E-state index in [4.69, 9.17) is 23.7 Å². The van der Waals surface area contributed by atoms with Gasteiger partial charge in [-0.2, -0.15) is 0 Å². The first-order valence-corrected chi connectivity index (χ1v) is 7.99. The van der Waals surface area contributed by atoms with Crippen LogP contribution < -0.4 is 4.74 Å². The summed E-state index contributed by atoms with van der Waals surface area (Å²) in [4.78, 5) is 12.5. The molecule has 6 heteroatoms. The maximum Gasteiger partial charge on any atom is 0.338 e. The number of epoxide rings is 1. The van der Waals surface area contributed by atoms with Crippen molar-refractivity contribution in [1.82, 2.24) is 0 Å². The molecule has 0 N–H and O–H groups in total. The van der Waals surface area contributed by atoms with E-state index in [0.717, 1.165) is 6.42 Å². The van der Waals surface area contributed by atoms with Gasteiger partial charge in [0.25, 0.3) is 0 Å². The van der Waals surface area contributed by atoms with Crippen LogP contribution in [0.2, 0.25) is 0 Å². The molecule has 0 aromatic heterocycles. The second-order valence-electron chi connectivity index (χ2n) is 6.62. The summed E-state index contributed by atoms with van der Waals surface area (Å²) in [5.41, 5.74) is 0.248. The largest absolute Gasteiger partial charge is 0.497 e. The van der Waals surface area contributed by atoms with Crippen LogP contribution in [0.3, 0.4) is 0 Å². The molecule has 1 spiro atoms. The van der Waals surface area contributed by atoms with Gasteiger partial charge in [0, 0.05) is 5.92 Å². The van der Waals surface area contributed by atoms with Gasteiger partial charge >= 0.3 is 5.97 Å². The highest BCUT2D eigenvalue weighted by molar-refractivity contribution is 5.89. The number of rotatable bonds is 3. The van der Waals surface area contributed by atoms with Crippen molar-refractivity contribution in [2.75, 3.05) is 20.3 Å². The van der Waals surface area contributed by atoms with Crippen molar-refractivity contribution in [1.29, 1.82) is 0 Å². The lowest BCUT2D eigenvalue weighted by atomic mass is 9.85. The summed E-state index contributed by atoms with van der Waals surface area (Å²) < 4.78 is 28.2. The number of hydrogen-bond acceptors (Lipinski definition) is 6. The lowest BCUT2D eigenvalue weighted by Gasteiger charge is -2.34. The van der Waals surface area contributed by atoms with Crippen LogP contribution in [-0.4, -0.2) is 50.4 Å². The lowest BCUT2D eigenvalue weighted by molar-refractivity contribution is -0.179. The molecule has 122 valence electrons. The van der Waals surface area contributed by atoms with Crippen molar-refractivity contribution in [3.8, 4) is 5.75 Å². The normalized spacial score (nSPS) is 42.7. The van der Waals surface area contributed by atoms with Crippen molar-refractivity contribution < 1.29 is 28.5 Å². The minimum atomic E-state index is -0.313. The minimum absolute atomic E-state index is 0.0496. The minimum Gasteiger partial charge on any atom is -0.497 e. The van der Waals surface area contributed by atoms with E-state index < -0.39 is 0 Å². The number of esters is 1. The van der Waals surface area contributed by atoms with E-state index in [1.165, 1.54) is 0 Å². The second kappa shape index (κ2) is 4.69. The average molecular weight is 318 g/mol. The molecule has 23 heavy (non-hydrogen) atoms. The van der Waals surface area contributed by atoms with E-state index in [-0.39, 0.29) is 41.9 Å². The monoisotopic (exact) mass is 318 g/mol. The second-order valence-corrected chi connectivity index (χ2v) is 6.62. The molecule has 3 aliphatic heterocycles. The van der Waals surface area contributed by atoms with E-state index in [2.05, 4.69) is 0 Å². The molecular formula is C17H18O6. The molecule has 0 amide bonds. The third-order valence-corrected chi connectivity index (χ3v) is 5.59. The Balaban J connectivity index is 1.35. The summed E-state index contributed by atoms with van der Waals surface area (Å²) in [7, 11) is 1.60. The van der Waals surface area contributed by atoms with Crippen molar-refractivity contribution in [2.45, 2.75) is 30.5 Å². The Labute approximate surface area is 133 Å². The van der Waals surface area contributed by atoms with Gasteiger partial charge in [-0.15, -0.1) is 0 Å². The Kier molecular flexibility index (Phi) is 2.81. The zero-order valence-corrected chi connectivity index (χ0v) is 12.8. The molecule has 1 aliphatic carbocycles. The number of carbonyl (C=O) groups excluding carboxylic acids is 1. The molecule has 0 bridgehead atoms. The van der Waals surface area contributed by atoms with Crippen molar-refractivity contribution in [3.63, 3.8) is 0 Å². The fourth-order valence-corrected chi connectivity index (χ4v) is 4.45. The first-order valence-electron chi connectivity index (χ1n) is 7.99. The zero-order chi connectivity index (χ0) is 15.6. The van der Waals surface area contributed by atoms with Crippen LogP contribution >= 0.6 is 0 Å². The highest BCUT2D eigenvalue weighted by Gasteiger charge is 2.80. The molecule has 1 saturated carbocycles. The molecule has 1 aromatic carbocycles. The van der Waals surface area contributed by atoms with E-state index in [9.17, 15) is 4.79 Å². The van der Waals surface area contributed by atoms with Crippen LogP contribution in [0.25, 0.3) is 0 Å². The van der Waals surface area contributed by atoms with E-state index in [0.29, 0.717) is 24.5 Å². The molecule has 0 unspecified atom stereocenters. The number of methoxy groups -OCH3 is 1. The molecule has 6 atom stereocenters. The van der Waals surface area contributed by atoms with Crippen molar-refractivity contribution in [3.05, 3.63) is 29.8 Å². The number of carbonyl (C=O) groups is 1. The summed E-state index contributed by atoms with van der Waals surface area (Å²) in [6.45, 7) is 1.19. The molecule has 0 radical (unpaired) electrons. The van der Waals surface area contributed by atoms with Gasteiger partial charge in [-0.3, -0.25) is 0 Å². The lowest BCUT2D eigenvalue weighted by Crippen LogP contribution is -2.41.